The van der Waals surface area contributed by atoms with Crippen molar-refractivity contribution in [2.75, 3.05) is 26.0 Å². The quantitative estimate of drug-likeness (QED) is 0.486. The van der Waals surface area contributed by atoms with Crippen LogP contribution in [0.3, 0.4) is 0 Å². The molecule has 0 saturated carbocycles. The van der Waals surface area contributed by atoms with Gasteiger partial charge >= 0.3 is 0 Å². The van der Waals surface area contributed by atoms with Gasteiger partial charge < -0.3 is 15.5 Å². The minimum absolute atomic E-state index is 0.226. The van der Waals surface area contributed by atoms with Gasteiger partial charge in [-0.1, -0.05) is 18.2 Å². The number of guanidine groups is 1. The van der Waals surface area contributed by atoms with E-state index in [2.05, 4.69) is 65.8 Å². The van der Waals surface area contributed by atoms with Crippen LogP contribution < -0.4 is 15.5 Å². The summed E-state index contributed by atoms with van der Waals surface area (Å²) in [5, 5.41) is 12.7. The van der Waals surface area contributed by atoms with Crippen LogP contribution in [0, 0.1) is 13.8 Å². The van der Waals surface area contributed by atoms with Crippen molar-refractivity contribution in [1.82, 2.24) is 25.4 Å². The van der Waals surface area contributed by atoms with Gasteiger partial charge in [-0.25, -0.2) is 4.98 Å². The van der Waals surface area contributed by atoms with Crippen molar-refractivity contribution in [2.24, 2.45) is 12.0 Å². The summed E-state index contributed by atoms with van der Waals surface area (Å²) in [4.78, 5) is 11.2. The third-order valence-corrected chi connectivity index (χ3v) is 5.47. The molecule has 0 amide bonds. The van der Waals surface area contributed by atoms with Gasteiger partial charge in [0.1, 0.15) is 5.82 Å². The predicted octanol–water partition coefficient (Wildman–Crippen LogP) is 2.95. The Kier molecular flexibility index (Phi) is 6.59. The Morgan fingerprint density at radius 1 is 1.23 bits per heavy atom. The van der Waals surface area contributed by atoms with Crippen molar-refractivity contribution in [3.8, 4) is 0 Å². The number of aryl methyl sites for hydroxylation is 2. The molecule has 30 heavy (non-hydrogen) atoms. The van der Waals surface area contributed by atoms with Crippen LogP contribution in [0.1, 0.15) is 29.4 Å². The number of benzene rings is 1. The van der Waals surface area contributed by atoms with E-state index in [9.17, 15) is 0 Å². The summed E-state index contributed by atoms with van der Waals surface area (Å²) in [5.74, 6) is 1.73. The lowest BCUT2D eigenvalue weighted by Gasteiger charge is -2.19. The van der Waals surface area contributed by atoms with Crippen LogP contribution in [-0.4, -0.2) is 47.9 Å². The highest BCUT2D eigenvalue weighted by molar-refractivity contribution is 5.85. The number of hydrogen-bond acceptors (Lipinski definition) is 4. The molecule has 7 heteroatoms. The van der Waals surface area contributed by atoms with Crippen molar-refractivity contribution in [2.45, 2.75) is 39.8 Å². The molecule has 2 N–H and O–H groups in total. The highest BCUT2D eigenvalue weighted by Gasteiger charge is 2.14. The van der Waals surface area contributed by atoms with Crippen LogP contribution in [0.5, 0.6) is 0 Å². The van der Waals surface area contributed by atoms with E-state index in [1.807, 2.05) is 36.8 Å². The number of nitrogens with one attached hydrogen (secondary N) is 2. The Bertz CT molecular complexity index is 1050. The van der Waals surface area contributed by atoms with E-state index in [1.165, 1.54) is 16.8 Å². The molecule has 0 aliphatic carbocycles. The molecule has 7 nitrogen and oxygen atoms in total. The molecule has 0 aliphatic rings. The van der Waals surface area contributed by atoms with Crippen molar-refractivity contribution in [3.63, 3.8) is 0 Å². The van der Waals surface area contributed by atoms with Gasteiger partial charge in [0.15, 0.2) is 5.96 Å². The number of hydrogen-bond donors (Lipinski definition) is 2. The molecule has 1 atom stereocenters. The summed E-state index contributed by atoms with van der Waals surface area (Å²) in [6.07, 6.45) is 0.898. The van der Waals surface area contributed by atoms with Gasteiger partial charge in [0, 0.05) is 51.9 Å². The number of aliphatic imine (C=N–C) groups is 1. The molecule has 0 radical (unpaired) electrons. The molecule has 2 aromatic heterocycles. The largest absolute Gasteiger partial charge is 0.363 e. The van der Waals surface area contributed by atoms with Gasteiger partial charge in [-0.3, -0.25) is 9.67 Å². The molecule has 0 aliphatic heterocycles. The standard InChI is InChI=1S/C23H33N7/c1-15(12-20-16(2)28-30(7)17(20)3)26-23(24-4)25-14-18-13-22(29(5)6)27-21-11-9-8-10-19(18)21/h8-11,13,15H,12,14H2,1-7H3,(H2,24,25,26). The lowest BCUT2D eigenvalue weighted by Crippen LogP contribution is -2.42. The first-order chi connectivity index (χ1) is 14.3. The van der Waals surface area contributed by atoms with E-state index in [1.54, 1.807) is 7.05 Å². The van der Waals surface area contributed by atoms with Gasteiger partial charge in [0.05, 0.1) is 11.2 Å². The maximum Gasteiger partial charge on any atom is 0.191 e. The highest BCUT2D eigenvalue weighted by Crippen LogP contribution is 2.22. The summed E-state index contributed by atoms with van der Waals surface area (Å²) in [6.45, 7) is 7.02. The summed E-state index contributed by atoms with van der Waals surface area (Å²) < 4.78 is 1.95. The van der Waals surface area contributed by atoms with E-state index >= 15 is 0 Å². The minimum atomic E-state index is 0.226. The fourth-order valence-electron chi connectivity index (χ4n) is 3.68. The maximum absolute atomic E-state index is 4.74. The van der Waals surface area contributed by atoms with Crippen LogP contribution in [0.4, 0.5) is 5.82 Å². The number of rotatable bonds is 6. The molecule has 160 valence electrons. The first-order valence-corrected chi connectivity index (χ1v) is 10.3. The molecule has 3 aromatic rings. The van der Waals surface area contributed by atoms with Crippen molar-refractivity contribution in [1.29, 1.82) is 0 Å². The van der Waals surface area contributed by atoms with Crippen LogP contribution in [0.25, 0.3) is 10.9 Å². The summed E-state index contributed by atoms with van der Waals surface area (Å²) in [7, 11) is 7.82. The van der Waals surface area contributed by atoms with E-state index < -0.39 is 0 Å². The normalized spacial score (nSPS) is 12.8. The van der Waals surface area contributed by atoms with Gasteiger partial charge in [0.2, 0.25) is 0 Å². The van der Waals surface area contributed by atoms with Crippen molar-refractivity contribution in [3.05, 3.63) is 52.8 Å². The average Bonchev–Trinajstić information content (AvgIpc) is 2.96. The average molecular weight is 408 g/mol. The zero-order valence-electron chi connectivity index (χ0n) is 19.1. The van der Waals surface area contributed by atoms with Gasteiger partial charge in [-0.05, 0) is 50.5 Å². The number of para-hydroxylation sites is 1. The molecular formula is C23H33N7. The van der Waals surface area contributed by atoms with Crippen LogP contribution in [-0.2, 0) is 20.0 Å². The Balaban J connectivity index is 1.71. The highest BCUT2D eigenvalue weighted by atomic mass is 15.3. The fraction of sp³-hybridized carbons (Fsp3) is 0.435. The monoisotopic (exact) mass is 407 g/mol. The SMILES string of the molecule is CN=C(NCc1cc(N(C)C)nc2ccccc12)NC(C)Cc1c(C)nn(C)c1C. The van der Waals surface area contributed by atoms with Crippen molar-refractivity contribution >= 4 is 22.7 Å². The summed E-state index contributed by atoms with van der Waals surface area (Å²) in [5.41, 5.74) is 5.79. The first-order valence-electron chi connectivity index (χ1n) is 10.3. The first kappa shape index (κ1) is 21.6. The zero-order chi connectivity index (χ0) is 21.8. The van der Waals surface area contributed by atoms with Crippen molar-refractivity contribution < 1.29 is 0 Å². The minimum Gasteiger partial charge on any atom is -0.363 e. The molecule has 3 rings (SSSR count). The molecule has 0 saturated heterocycles. The number of aromatic nitrogens is 3. The lowest BCUT2D eigenvalue weighted by molar-refractivity contribution is 0.635. The Hall–Kier alpha value is -3.09. The Morgan fingerprint density at radius 3 is 2.60 bits per heavy atom. The summed E-state index contributed by atoms with van der Waals surface area (Å²) >= 11 is 0. The number of fused-ring (bicyclic) bond motifs is 1. The molecule has 1 aromatic carbocycles. The smallest absolute Gasteiger partial charge is 0.191 e. The lowest BCUT2D eigenvalue weighted by atomic mass is 10.1. The molecule has 1 unspecified atom stereocenters. The van der Waals surface area contributed by atoms with Crippen LogP contribution >= 0.6 is 0 Å². The third-order valence-electron chi connectivity index (χ3n) is 5.47. The fourth-order valence-corrected chi connectivity index (χ4v) is 3.68. The van der Waals surface area contributed by atoms with Gasteiger partial charge in [-0.15, -0.1) is 0 Å². The molecule has 2 heterocycles. The maximum atomic E-state index is 4.74. The molecule has 0 bridgehead atoms. The second-order valence-electron chi connectivity index (χ2n) is 8.00. The van der Waals surface area contributed by atoms with E-state index in [0.29, 0.717) is 6.54 Å². The topological polar surface area (TPSA) is 70.4 Å². The zero-order valence-corrected chi connectivity index (χ0v) is 19.1. The predicted molar refractivity (Wildman–Crippen MR) is 125 cm³/mol. The second kappa shape index (κ2) is 9.15. The van der Waals surface area contributed by atoms with Gasteiger partial charge in [-0.2, -0.15) is 5.10 Å². The molecule has 0 fully saturated rings. The number of pyridine rings is 1. The van der Waals surface area contributed by atoms with Crippen LogP contribution in [0.15, 0.2) is 35.3 Å². The number of nitrogens with zero attached hydrogens (tertiary/aromatic N) is 5. The Labute approximate surface area is 179 Å². The van der Waals surface area contributed by atoms with E-state index in [0.717, 1.165) is 34.8 Å². The van der Waals surface area contributed by atoms with E-state index in [4.69, 9.17) is 4.98 Å². The Morgan fingerprint density at radius 2 is 1.97 bits per heavy atom. The number of anilines is 1. The second-order valence-corrected chi connectivity index (χ2v) is 8.00. The van der Waals surface area contributed by atoms with Crippen LogP contribution in [0.2, 0.25) is 0 Å². The summed E-state index contributed by atoms with van der Waals surface area (Å²) in [6, 6.07) is 10.6. The van der Waals surface area contributed by atoms with Gasteiger partial charge in [0.25, 0.3) is 0 Å². The molecule has 0 spiro atoms. The third kappa shape index (κ3) is 4.72. The molecular weight excluding hydrogens is 374 g/mol. The van der Waals surface area contributed by atoms with E-state index in [-0.39, 0.29) is 6.04 Å².